The van der Waals surface area contributed by atoms with Gasteiger partial charge in [-0.15, -0.1) is 0 Å². The third-order valence-corrected chi connectivity index (χ3v) is 3.49. The molecule has 2 heterocycles. The van der Waals surface area contributed by atoms with Gasteiger partial charge in [0.15, 0.2) is 0 Å². The fourth-order valence-corrected chi connectivity index (χ4v) is 2.80. The summed E-state index contributed by atoms with van der Waals surface area (Å²) >= 11 is 0. The van der Waals surface area contributed by atoms with E-state index < -0.39 is 0 Å². The number of hydrogen-bond acceptors (Lipinski definition) is 3. The molecule has 2 aliphatic rings. The molecule has 2 fully saturated rings. The summed E-state index contributed by atoms with van der Waals surface area (Å²) in [6.07, 6.45) is 3.28. The van der Waals surface area contributed by atoms with Crippen LogP contribution in [0.5, 0.6) is 0 Å². The molecule has 2 atom stereocenters. The SMILES string of the molecule is Cc1cc(N)cc(N2CC3CCC(C2)O3)c1. The number of hydrogen-bond donors (Lipinski definition) is 1. The lowest BCUT2D eigenvalue weighted by Gasteiger charge is -2.34. The van der Waals surface area contributed by atoms with Crippen molar-refractivity contribution in [3.63, 3.8) is 0 Å². The van der Waals surface area contributed by atoms with E-state index in [1.54, 1.807) is 0 Å². The Labute approximate surface area is 96.2 Å². The average molecular weight is 218 g/mol. The summed E-state index contributed by atoms with van der Waals surface area (Å²) in [4.78, 5) is 2.41. The molecule has 3 rings (SSSR count). The number of benzene rings is 1. The molecule has 3 nitrogen and oxygen atoms in total. The number of nitrogen functional groups attached to an aromatic ring is 1. The number of nitrogens with zero attached hydrogens (tertiary/aromatic N) is 1. The van der Waals surface area contributed by atoms with Crippen molar-refractivity contribution in [1.29, 1.82) is 0 Å². The number of aryl methyl sites for hydroxylation is 1. The van der Waals surface area contributed by atoms with Gasteiger partial charge in [0.25, 0.3) is 0 Å². The van der Waals surface area contributed by atoms with Crippen molar-refractivity contribution in [2.24, 2.45) is 0 Å². The number of rotatable bonds is 1. The van der Waals surface area contributed by atoms with Crippen LogP contribution in [0.2, 0.25) is 0 Å². The normalized spacial score (nSPS) is 28.4. The highest BCUT2D eigenvalue weighted by molar-refractivity contribution is 5.58. The highest BCUT2D eigenvalue weighted by Gasteiger charge is 2.33. The van der Waals surface area contributed by atoms with Crippen LogP contribution in [0.25, 0.3) is 0 Å². The summed E-state index contributed by atoms with van der Waals surface area (Å²) in [5.74, 6) is 0. The maximum atomic E-state index is 5.89. The van der Waals surface area contributed by atoms with Crippen LogP contribution in [0.15, 0.2) is 18.2 Å². The zero-order chi connectivity index (χ0) is 11.1. The molecule has 0 spiro atoms. The Kier molecular flexibility index (Phi) is 2.28. The lowest BCUT2D eigenvalue weighted by Crippen LogP contribution is -2.42. The van der Waals surface area contributed by atoms with Gasteiger partial charge in [0.2, 0.25) is 0 Å². The number of ether oxygens (including phenoxy) is 1. The Morgan fingerprint density at radius 2 is 1.88 bits per heavy atom. The van der Waals surface area contributed by atoms with Gasteiger partial charge in [0.05, 0.1) is 12.2 Å². The monoisotopic (exact) mass is 218 g/mol. The Hall–Kier alpha value is -1.22. The van der Waals surface area contributed by atoms with Crippen LogP contribution in [-0.2, 0) is 4.74 Å². The molecule has 2 saturated heterocycles. The van der Waals surface area contributed by atoms with E-state index in [9.17, 15) is 0 Å². The van der Waals surface area contributed by atoms with Crippen molar-refractivity contribution in [2.45, 2.75) is 32.0 Å². The Balaban J connectivity index is 1.86. The Morgan fingerprint density at radius 3 is 2.50 bits per heavy atom. The van der Waals surface area contributed by atoms with Gasteiger partial charge < -0.3 is 15.4 Å². The molecule has 0 saturated carbocycles. The summed E-state index contributed by atoms with van der Waals surface area (Å²) < 4.78 is 5.84. The van der Waals surface area contributed by atoms with Crippen LogP contribution < -0.4 is 10.6 Å². The quantitative estimate of drug-likeness (QED) is 0.732. The molecule has 3 heteroatoms. The summed E-state index contributed by atoms with van der Waals surface area (Å²) in [5, 5.41) is 0. The zero-order valence-corrected chi connectivity index (χ0v) is 9.65. The highest BCUT2D eigenvalue weighted by Crippen LogP contribution is 2.30. The third kappa shape index (κ3) is 1.76. The molecule has 1 aromatic carbocycles. The second kappa shape index (κ2) is 3.67. The van der Waals surface area contributed by atoms with E-state index in [0.717, 1.165) is 18.8 Å². The second-order valence-electron chi connectivity index (χ2n) is 4.96. The number of nitrogens with two attached hydrogens (primary N) is 1. The topological polar surface area (TPSA) is 38.5 Å². The zero-order valence-electron chi connectivity index (χ0n) is 9.65. The van der Waals surface area contributed by atoms with Gasteiger partial charge in [-0.1, -0.05) is 0 Å². The molecule has 2 unspecified atom stereocenters. The van der Waals surface area contributed by atoms with Crippen LogP contribution in [-0.4, -0.2) is 25.3 Å². The first kappa shape index (κ1) is 9.97. The van der Waals surface area contributed by atoms with Gasteiger partial charge in [-0.2, -0.15) is 0 Å². The standard InChI is InChI=1S/C13H18N2O/c1-9-4-10(14)6-11(5-9)15-7-12-2-3-13(8-15)16-12/h4-6,12-13H,2-3,7-8,14H2,1H3. The van der Waals surface area contributed by atoms with Crippen molar-refractivity contribution >= 4 is 11.4 Å². The molecule has 86 valence electrons. The fraction of sp³-hybridized carbons (Fsp3) is 0.538. The molecule has 2 aliphatic heterocycles. The largest absolute Gasteiger partial charge is 0.399 e. The highest BCUT2D eigenvalue weighted by atomic mass is 16.5. The minimum atomic E-state index is 0.431. The third-order valence-electron chi connectivity index (χ3n) is 3.49. The van der Waals surface area contributed by atoms with E-state index in [-0.39, 0.29) is 0 Å². The smallest absolute Gasteiger partial charge is 0.0755 e. The molecule has 0 aliphatic carbocycles. The van der Waals surface area contributed by atoms with E-state index in [1.807, 2.05) is 6.07 Å². The molecule has 16 heavy (non-hydrogen) atoms. The van der Waals surface area contributed by atoms with Crippen LogP contribution in [0.4, 0.5) is 11.4 Å². The lowest BCUT2D eigenvalue weighted by atomic mass is 10.1. The number of morpholine rings is 1. The predicted molar refractivity (Wildman–Crippen MR) is 65.7 cm³/mol. The fourth-order valence-electron chi connectivity index (χ4n) is 2.80. The maximum Gasteiger partial charge on any atom is 0.0755 e. The summed E-state index contributed by atoms with van der Waals surface area (Å²) in [7, 11) is 0. The first-order valence-corrected chi connectivity index (χ1v) is 5.98. The summed E-state index contributed by atoms with van der Waals surface area (Å²) in [6, 6.07) is 6.29. The molecule has 0 radical (unpaired) electrons. The number of anilines is 2. The van der Waals surface area contributed by atoms with Gasteiger partial charge in [0, 0.05) is 24.5 Å². The molecule has 2 bridgehead atoms. The van der Waals surface area contributed by atoms with Gasteiger partial charge in [-0.3, -0.25) is 0 Å². The maximum absolute atomic E-state index is 5.89. The van der Waals surface area contributed by atoms with Crippen molar-refractivity contribution in [2.75, 3.05) is 23.7 Å². The van der Waals surface area contributed by atoms with Crippen molar-refractivity contribution in [1.82, 2.24) is 0 Å². The summed E-state index contributed by atoms with van der Waals surface area (Å²) in [6.45, 7) is 4.12. The molecule has 2 N–H and O–H groups in total. The first-order valence-electron chi connectivity index (χ1n) is 5.98. The Morgan fingerprint density at radius 1 is 1.19 bits per heavy atom. The lowest BCUT2D eigenvalue weighted by molar-refractivity contribution is 0.0305. The minimum Gasteiger partial charge on any atom is -0.399 e. The summed E-state index contributed by atoms with van der Waals surface area (Å²) in [5.41, 5.74) is 9.23. The van der Waals surface area contributed by atoms with Crippen LogP contribution in [0.1, 0.15) is 18.4 Å². The molecular weight excluding hydrogens is 200 g/mol. The molecule has 1 aromatic rings. The average Bonchev–Trinajstić information content (AvgIpc) is 2.56. The van der Waals surface area contributed by atoms with Crippen molar-refractivity contribution in [3.8, 4) is 0 Å². The van der Waals surface area contributed by atoms with Gasteiger partial charge in [-0.25, -0.2) is 0 Å². The molecule has 0 amide bonds. The van der Waals surface area contributed by atoms with Crippen molar-refractivity contribution < 1.29 is 4.74 Å². The van der Waals surface area contributed by atoms with E-state index in [0.29, 0.717) is 12.2 Å². The van der Waals surface area contributed by atoms with Crippen molar-refractivity contribution in [3.05, 3.63) is 23.8 Å². The van der Waals surface area contributed by atoms with Gasteiger partial charge in [-0.05, 0) is 43.5 Å². The minimum absolute atomic E-state index is 0.431. The Bertz CT molecular complexity index is 373. The van der Waals surface area contributed by atoms with Crippen LogP contribution in [0, 0.1) is 6.92 Å². The molecular formula is C13H18N2O. The van der Waals surface area contributed by atoms with Crippen LogP contribution in [0.3, 0.4) is 0 Å². The van der Waals surface area contributed by atoms with Gasteiger partial charge in [0.1, 0.15) is 0 Å². The van der Waals surface area contributed by atoms with E-state index in [2.05, 4.69) is 24.0 Å². The number of fused-ring (bicyclic) bond motifs is 2. The van der Waals surface area contributed by atoms with Gasteiger partial charge >= 0.3 is 0 Å². The van der Waals surface area contributed by atoms with E-state index in [1.165, 1.54) is 24.1 Å². The van der Waals surface area contributed by atoms with E-state index in [4.69, 9.17) is 10.5 Å². The molecule has 0 aromatic heterocycles. The first-order chi connectivity index (χ1) is 7.70. The predicted octanol–water partition coefficient (Wildman–Crippen LogP) is 1.94. The van der Waals surface area contributed by atoms with Crippen LogP contribution >= 0.6 is 0 Å². The second-order valence-corrected chi connectivity index (χ2v) is 4.96. The van der Waals surface area contributed by atoms with E-state index >= 15 is 0 Å².